The number of anilines is 1. The van der Waals surface area contributed by atoms with Gasteiger partial charge in [-0.15, -0.1) is 0 Å². The predicted octanol–water partition coefficient (Wildman–Crippen LogP) is 2.90. The molecular weight excluding hydrogens is 451 g/mol. The van der Waals surface area contributed by atoms with E-state index in [1.165, 1.54) is 29.3 Å². The van der Waals surface area contributed by atoms with Crippen LogP contribution in [0.25, 0.3) is 16.7 Å². The average Bonchev–Trinajstić information content (AvgIpc) is 3.18. The van der Waals surface area contributed by atoms with E-state index < -0.39 is 21.7 Å². The van der Waals surface area contributed by atoms with Crippen LogP contribution in [0.3, 0.4) is 0 Å². The van der Waals surface area contributed by atoms with Crippen molar-refractivity contribution < 1.29 is 22.3 Å². The van der Waals surface area contributed by atoms with Gasteiger partial charge in [0, 0.05) is 25.4 Å². The number of piperidine rings is 1. The zero-order valence-corrected chi connectivity index (χ0v) is 19.0. The molecule has 174 valence electrons. The summed E-state index contributed by atoms with van der Waals surface area (Å²) in [6.45, 7) is 6.22. The van der Waals surface area contributed by atoms with Gasteiger partial charge in [-0.2, -0.15) is 5.10 Å². The van der Waals surface area contributed by atoms with Crippen molar-refractivity contribution in [1.82, 2.24) is 24.6 Å². The topological polar surface area (TPSA) is 119 Å². The molecule has 12 heteroatoms. The van der Waals surface area contributed by atoms with Crippen molar-refractivity contribution in [2.75, 3.05) is 24.7 Å². The van der Waals surface area contributed by atoms with Crippen LogP contribution >= 0.6 is 0 Å². The molecule has 4 rings (SSSR count). The second-order valence-corrected chi connectivity index (χ2v) is 9.92. The van der Waals surface area contributed by atoms with Crippen LogP contribution in [0.5, 0.6) is 0 Å². The first-order valence-electron chi connectivity index (χ1n) is 10.2. The van der Waals surface area contributed by atoms with Gasteiger partial charge in [-0.25, -0.2) is 32.3 Å². The van der Waals surface area contributed by atoms with Crippen LogP contribution in [0.1, 0.15) is 19.8 Å². The molecule has 0 saturated carbocycles. The van der Waals surface area contributed by atoms with Crippen LogP contribution in [0, 0.1) is 5.82 Å². The van der Waals surface area contributed by atoms with Gasteiger partial charge in [-0.05, 0) is 38.0 Å². The number of rotatable bonds is 5. The molecule has 1 unspecified atom stereocenters. The zero-order valence-electron chi connectivity index (χ0n) is 18.2. The summed E-state index contributed by atoms with van der Waals surface area (Å²) in [5.74, 6) is 0.0892. The van der Waals surface area contributed by atoms with Crippen molar-refractivity contribution in [2.45, 2.75) is 30.7 Å². The number of nitrogens with zero attached hydrogens (tertiary/aromatic N) is 5. The zero-order chi connectivity index (χ0) is 23.8. The van der Waals surface area contributed by atoms with E-state index in [0.29, 0.717) is 35.7 Å². The molecule has 1 amide bonds. The third-order valence-corrected chi connectivity index (χ3v) is 6.33. The number of hydrogen-bond acceptors (Lipinski definition) is 8. The van der Waals surface area contributed by atoms with Crippen molar-refractivity contribution in [3.63, 3.8) is 0 Å². The Bertz CT molecular complexity index is 1340. The van der Waals surface area contributed by atoms with Crippen LogP contribution in [0.4, 0.5) is 15.0 Å². The molecule has 1 aliphatic heterocycles. The molecule has 1 aromatic carbocycles. The molecule has 1 fully saturated rings. The molecule has 10 nitrogen and oxygen atoms in total. The Hall–Kier alpha value is -3.54. The van der Waals surface area contributed by atoms with E-state index in [9.17, 15) is 17.6 Å². The fourth-order valence-electron chi connectivity index (χ4n) is 3.69. The summed E-state index contributed by atoms with van der Waals surface area (Å²) in [4.78, 5) is 22.2. The third-order valence-electron chi connectivity index (χ3n) is 5.22. The van der Waals surface area contributed by atoms with Gasteiger partial charge in [0.1, 0.15) is 23.6 Å². The Morgan fingerprint density at radius 3 is 2.82 bits per heavy atom. The van der Waals surface area contributed by atoms with Gasteiger partial charge in [0.05, 0.1) is 22.2 Å². The first-order valence-corrected chi connectivity index (χ1v) is 12.1. The maximum Gasteiger partial charge on any atom is 0.414 e. The molecule has 0 bridgehead atoms. The number of benzene rings is 1. The highest BCUT2D eigenvalue weighted by atomic mass is 32.2. The lowest BCUT2D eigenvalue weighted by Gasteiger charge is -2.32. The Balaban J connectivity index is 1.59. The Labute approximate surface area is 190 Å². The summed E-state index contributed by atoms with van der Waals surface area (Å²) >= 11 is 0. The van der Waals surface area contributed by atoms with E-state index in [0.717, 1.165) is 25.2 Å². The van der Waals surface area contributed by atoms with E-state index in [-0.39, 0.29) is 16.6 Å². The quantitative estimate of drug-likeness (QED) is 0.561. The summed E-state index contributed by atoms with van der Waals surface area (Å²) in [6, 6.07) is 3.55. The minimum atomic E-state index is -3.54. The highest BCUT2D eigenvalue weighted by Crippen LogP contribution is 2.26. The fourth-order valence-corrected chi connectivity index (χ4v) is 4.33. The smallest absolute Gasteiger partial charge is 0.414 e. The molecule has 1 atom stereocenters. The molecule has 0 radical (unpaired) electrons. The number of halogens is 1. The number of likely N-dealkylation sites (tertiary alicyclic amines) is 1. The molecule has 1 aliphatic rings. The highest BCUT2D eigenvalue weighted by Gasteiger charge is 2.26. The molecular formula is C21H23FN6O4S. The lowest BCUT2D eigenvalue weighted by Crippen LogP contribution is -2.45. The maximum atomic E-state index is 14.7. The molecule has 3 aromatic rings. The van der Waals surface area contributed by atoms with E-state index in [1.807, 2.05) is 0 Å². The second kappa shape index (κ2) is 8.77. The molecule has 2 aromatic heterocycles. The Kier molecular flexibility index (Phi) is 6.02. The SMILES string of the molecule is C=C(C)OC(=O)N1CCCC(Nc2ncnc3c2cnn3-c2ccc(S(C)(=O)=O)cc2F)C1. The Morgan fingerprint density at radius 1 is 1.33 bits per heavy atom. The molecule has 1 N–H and O–H groups in total. The van der Waals surface area contributed by atoms with Gasteiger partial charge in [0.25, 0.3) is 0 Å². The largest absolute Gasteiger partial charge is 0.416 e. The normalized spacial score (nSPS) is 16.6. The molecule has 0 spiro atoms. The van der Waals surface area contributed by atoms with Crippen LogP contribution in [-0.4, -0.2) is 64.5 Å². The van der Waals surface area contributed by atoms with Gasteiger partial charge in [0.15, 0.2) is 15.5 Å². The maximum absolute atomic E-state index is 14.7. The van der Waals surface area contributed by atoms with Crippen LogP contribution in [0.15, 0.2) is 48.0 Å². The third kappa shape index (κ3) is 4.80. The molecule has 33 heavy (non-hydrogen) atoms. The summed E-state index contributed by atoms with van der Waals surface area (Å²) in [6.07, 6.45) is 5.02. The van der Waals surface area contributed by atoms with Crippen LogP contribution in [0.2, 0.25) is 0 Å². The number of aromatic nitrogens is 4. The fraction of sp³-hybridized carbons (Fsp3) is 0.333. The number of ether oxygens (including phenoxy) is 1. The summed E-state index contributed by atoms with van der Waals surface area (Å²) in [5, 5.41) is 8.12. The van der Waals surface area contributed by atoms with Gasteiger partial charge < -0.3 is 15.0 Å². The number of carbonyl (C=O) groups excluding carboxylic acids is 1. The first kappa shape index (κ1) is 22.6. The van der Waals surface area contributed by atoms with E-state index in [2.05, 4.69) is 27.0 Å². The minimum absolute atomic E-state index is 0.0634. The van der Waals surface area contributed by atoms with E-state index >= 15 is 0 Å². The van der Waals surface area contributed by atoms with E-state index in [1.54, 1.807) is 11.8 Å². The number of fused-ring (bicyclic) bond motifs is 1. The molecule has 0 aliphatic carbocycles. The predicted molar refractivity (Wildman–Crippen MR) is 119 cm³/mol. The molecule has 1 saturated heterocycles. The Morgan fingerprint density at radius 2 is 2.12 bits per heavy atom. The second-order valence-electron chi connectivity index (χ2n) is 7.90. The van der Waals surface area contributed by atoms with Gasteiger partial charge in [-0.3, -0.25) is 0 Å². The van der Waals surface area contributed by atoms with Crippen molar-refractivity contribution in [2.24, 2.45) is 0 Å². The van der Waals surface area contributed by atoms with Gasteiger partial charge in [0.2, 0.25) is 0 Å². The van der Waals surface area contributed by atoms with Crippen molar-refractivity contribution >= 4 is 32.8 Å². The summed E-state index contributed by atoms with van der Waals surface area (Å²) in [7, 11) is -3.54. The van der Waals surface area contributed by atoms with Crippen molar-refractivity contribution in [1.29, 1.82) is 0 Å². The van der Waals surface area contributed by atoms with Crippen LogP contribution < -0.4 is 5.32 Å². The van der Waals surface area contributed by atoms with Crippen LogP contribution in [-0.2, 0) is 14.6 Å². The summed E-state index contributed by atoms with van der Waals surface area (Å²) in [5.41, 5.74) is 0.418. The number of allylic oxidation sites excluding steroid dienone is 1. The minimum Gasteiger partial charge on any atom is -0.416 e. The lowest BCUT2D eigenvalue weighted by atomic mass is 10.1. The summed E-state index contributed by atoms with van der Waals surface area (Å²) < 4.78 is 44.5. The van der Waals surface area contributed by atoms with Gasteiger partial charge >= 0.3 is 6.09 Å². The van der Waals surface area contributed by atoms with Crippen molar-refractivity contribution in [3.05, 3.63) is 48.9 Å². The highest BCUT2D eigenvalue weighted by molar-refractivity contribution is 7.90. The number of hydrogen-bond donors (Lipinski definition) is 1. The average molecular weight is 475 g/mol. The van der Waals surface area contributed by atoms with Gasteiger partial charge in [-0.1, -0.05) is 6.58 Å². The standard InChI is InChI=1S/C21H23FN6O4S/c1-13(2)32-21(29)27-8-4-5-14(11-27)26-19-16-10-25-28(20(16)24-12-23-19)18-7-6-15(9-17(18)22)33(3,30)31/h6-7,9-10,12,14H,1,4-5,8,11H2,2-3H3,(H,23,24,26). The monoisotopic (exact) mass is 474 g/mol. The number of nitrogens with one attached hydrogen (secondary N) is 1. The van der Waals surface area contributed by atoms with Crippen molar-refractivity contribution in [3.8, 4) is 5.69 Å². The first-order chi connectivity index (χ1) is 15.6. The molecule has 3 heterocycles. The lowest BCUT2D eigenvalue weighted by molar-refractivity contribution is 0.118. The number of carbonyl (C=O) groups is 1. The number of amides is 1. The number of sulfone groups is 1. The van der Waals surface area contributed by atoms with E-state index in [4.69, 9.17) is 4.74 Å².